The first kappa shape index (κ1) is 13.8. The molecule has 2 nitrogen and oxygen atoms in total. The van der Waals surface area contributed by atoms with E-state index in [4.69, 9.17) is 16.3 Å². The van der Waals surface area contributed by atoms with Crippen LogP contribution >= 0.6 is 11.6 Å². The van der Waals surface area contributed by atoms with Gasteiger partial charge in [0.15, 0.2) is 0 Å². The fourth-order valence-corrected chi connectivity index (χ4v) is 1.98. The Morgan fingerprint density at radius 1 is 1.26 bits per heavy atom. The number of hydrogen-bond donors (Lipinski definition) is 1. The van der Waals surface area contributed by atoms with Crippen LogP contribution in [-0.4, -0.2) is 5.11 Å². The van der Waals surface area contributed by atoms with Crippen molar-refractivity contribution in [2.45, 2.75) is 19.6 Å². The van der Waals surface area contributed by atoms with Gasteiger partial charge in [-0.25, -0.2) is 4.39 Å². The van der Waals surface area contributed by atoms with Gasteiger partial charge < -0.3 is 9.84 Å². The zero-order chi connectivity index (χ0) is 13.8. The molecule has 0 spiro atoms. The van der Waals surface area contributed by atoms with Crippen molar-refractivity contribution in [1.29, 1.82) is 0 Å². The van der Waals surface area contributed by atoms with E-state index in [1.54, 1.807) is 19.1 Å². The normalized spacial score (nSPS) is 12.2. The molecule has 0 aliphatic heterocycles. The van der Waals surface area contributed by atoms with Crippen molar-refractivity contribution >= 4 is 11.6 Å². The van der Waals surface area contributed by atoms with Gasteiger partial charge >= 0.3 is 0 Å². The van der Waals surface area contributed by atoms with Crippen LogP contribution in [0.25, 0.3) is 0 Å². The molecule has 0 saturated carbocycles. The van der Waals surface area contributed by atoms with E-state index >= 15 is 0 Å². The summed E-state index contributed by atoms with van der Waals surface area (Å²) in [5.74, 6) is 0.0716. The molecule has 0 aromatic heterocycles. The van der Waals surface area contributed by atoms with Crippen molar-refractivity contribution < 1.29 is 14.2 Å². The highest BCUT2D eigenvalue weighted by molar-refractivity contribution is 6.30. The summed E-state index contributed by atoms with van der Waals surface area (Å²) in [5.41, 5.74) is 1.34. The number of hydrogen-bond acceptors (Lipinski definition) is 2. The minimum Gasteiger partial charge on any atom is -0.489 e. The molecule has 0 bridgehead atoms. The molecular weight excluding hydrogens is 267 g/mol. The van der Waals surface area contributed by atoms with Gasteiger partial charge in [0.05, 0.1) is 6.10 Å². The van der Waals surface area contributed by atoms with E-state index in [9.17, 15) is 9.50 Å². The van der Waals surface area contributed by atoms with E-state index in [0.717, 1.165) is 5.56 Å². The summed E-state index contributed by atoms with van der Waals surface area (Å²) in [6.07, 6.45) is -0.787. The Morgan fingerprint density at radius 3 is 2.74 bits per heavy atom. The smallest absolute Gasteiger partial charge is 0.125 e. The minimum absolute atomic E-state index is 0.311. The maximum absolute atomic E-state index is 13.1. The second kappa shape index (κ2) is 6.04. The van der Waals surface area contributed by atoms with E-state index in [0.29, 0.717) is 22.9 Å². The van der Waals surface area contributed by atoms with Crippen LogP contribution in [0.4, 0.5) is 4.39 Å². The quantitative estimate of drug-likeness (QED) is 0.913. The second-order valence-electron chi connectivity index (χ2n) is 4.28. The molecule has 0 aliphatic rings. The number of rotatable bonds is 4. The Bertz CT molecular complexity index is 570. The van der Waals surface area contributed by atoms with E-state index in [1.165, 1.54) is 18.2 Å². The van der Waals surface area contributed by atoms with E-state index < -0.39 is 11.9 Å². The SMILES string of the molecule is C[C@@H](O)c1cc(F)ccc1OCc1cccc(Cl)c1. The third kappa shape index (κ3) is 3.69. The van der Waals surface area contributed by atoms with Crippen LogP contribution in [0.1, 0.15) is 24.2 Å². The van der Waals surface area contributed by atoms with Gasteiger partial charge in [-0.05, 0) is 42.8 Å². The highest BCUT2D eigenvalue weighted by Gasteiger charge is 2.10. The van der Waals surface area contributed by atoms with Crippen LogP contribution in [0.15, 0.2) is 42.5 Å². The van der Waals surface area contributed by atoms with Gasteiger partial charge in [-0.3, -0.25) is 0 Å². The summed E-state index contributed by atoms with van der Waals surface area (Å²) in [7, 11) is 0. The molecule has 1 N–H and O–H groups in total. The van der Waals surface area contributed by atoms with Crippen LogP contribution in [0.3, 0.4) is 0 Å². The molecule has 0 aliphatic carbocycles. The summed E-state index contributed by atoms with van der Waals surface area (Å²) in [5, 5.41) is 10.2. The average molecular weight is 281 g/mol. The molecule has 100 valence electrons. The minimum atomic E-state index is -0.787. The van der Waals surface area contributed by atoms with Crippen LogP contribution in [-0.2, 0) is 6.61 Å². The van der Waals surface area contributed by atoms with Gasteiger partial charge in [-0.1, -0.05) is 23.7 Å². The number of aliphatic hydroxyl groups excluding tert-OH is 1. The molecule has 0 amide bonds. The molecule has 0 radical (unpaired) electrons. The lowest BCUT2D eigenvalue weighted by Gasteiger charge is -2.13. The molecule has 4 heteroatoms. The third-order valence-corrected chi connectivity index (χ3v) is 2.94. The maximum atomic E-state index is 13.1. The molecule has 0 fully saturated rings. The van der Waals surface area contributed by atoms with Crippen molar-refractivity contribution in [2.24, 2.45) is 0 Å². The fraction of sp³-hybridized carbons (Fsp3) is 0.200. The van der Waals surface area contributed by atoms with Crippen molar-refractivity contribution in [2.75, 3.05) is 0 Å². The van der Waals surface area contributed by atoms with E-state index in [-0.39, 0.29) is 0 Å². The summed E-state index contributed by atoms with van der Waals surface area (Å²) < 4.78 is 18.7. The maximum Gasteiger partial charge on any atom is 0.125 e. The zero-order valence-corrected chi connectivity index (χ0v) is 11.2. The highest BCUT2D eigenvalue weighted by atomic mass is 35.5. The molecule has 19 heavy (non-hydrogen) atoms. The van der Waals surface area contributed by atoms with Gasteiger partial charge in [-0.15, -0.1) is 0 Å². The molecule has 0 saturated heterocycles. The summed E-state index contributed by atoms with van der Waals surface area (Å²) in [6, 6.07) is 11.4. The van der Waals surface area contributed by atoms with Crippen LogP contribution in [0, 0.1) is 5.82 Å². The Hall–Kier alpha value is -1.58. The Morgan fingerprint density at radius 2 is 2.05 bits per heavy atom. The van der Waals surface area contributed by atoms with Gasteiger partial charge in [0.2, 0.25) is 0 Å². The molecule has 1 atom stereocenters. The topological polar surface area (TPSA) is 29.5 Å². The van der Waals surface area contributed by atoms with Gasteiger partial charge in [0, 0.05) is 10.6 Å². The summed E-state index contributed by atoms with van der Waals surface area (Å²) >= 11 is 5.88. The van der Waals surface area contributed by atoms with Crippen molar-refractivity contribution in [3.05, 3.63) is 64.4 Å². The number of ether oxygens (including phenoxy) is 1. The molecule has 0 heterocycles. The van der Waals surface area contributed by atoms with Crippen LogP contribution < -0.4 is 4.74 Å². The monoisotopic (exact) mass is 280 g/mol. The largest absolute Gasteiger partial charge is 0.489 e. The Kier molecular flexibility index (Phi) is 4.40. The lowest BCUT2D eigenvalue weighted by atomic mass is 10.1. The summed E-state index contributed by atoms with van der Waals surface area (Å²) in [6.45, 7) is 1.88. The first-order valence-corrected chi connectivity index (χ1v) is 6.29. The van der Waals surface area contributed by atoms with E-state index in [1.807, 2.05) is 12.1 Å². The summed E-state index contributed by atoms with van der Waals surface area (Å²) in [4.78, 5) is 0. The fourth-order valence-electron chi connectivity index (χ4n) is 1.77. The molecular formula is C15H14ClFO2. The first-order valence-electron chi connectivity index (χ1n) is 5.91. The first-order chi connectivity index (χ1) is 9.06. The highest BCUT2D eigenvalue weighted by Crippen LogP contribution is 2.26. The third-order valence-electron chi connectivity index (χ3n) is 2.71. The standard InChI is InChI=1S/C15H14ClFO2/c1-10(18)14-8-13(17)5-6-15(14)19-9-11-3-2-4-12(16)7-11/h2-8,10,18H,9H2,1H3/t10-/m1/s1. The lowest BCUT2D eigenvalue weighted by Crippen LogP contribution is -2.01. The predicted molar refractivity (Wildman–Crippen MR) is 72.8 cm³/mol. The van der Waals surface area contributed by atoms with Crippen molar-refractivity contribution in [1.82, 2.24) is 0 Å². The van der Waals surface area contributed by atoms with Crippen molar-refractivity contribution in [3.8, 4) is 5.75 Å². The van der Waals surface area contributed by atoms with Crippen LogP contribution in [0.2, 0.25) is 5.02 Å². The average Bonchev–Trinajstić information content (AvgIpc) is 2.37. The number of aliphatic hydroxyl groups is 1. The second-order valence-corrected chi connectivity index (χ2v) is 4.71. The number of halogens is 2. The van der Waals surface area contributed by atoms with Crippen LogP contribution in [0.5, 0.6) is 5.75 Å². The molecule has 0 unspecified atom stereocenters. The van der Waals surface area contributed by atoms with Gasteiger partial charge in [-0.2, -0.15) is 0 Å². The predicted octanol–water partition coefficient (Wildman–Crippen LogP) is 4.11. The molecule has 2 rings (SSSR count). The Balaban J connectivity index is 2.15. The van der Waals surface area contributed by atoms with Gasteiger partial charge in [0.1, 0.15) is 18.2 Å². The number of benzene rings is 2. The van der Waals surface area contributed by atoms with E-state index in [2.05, 4.69) is 0 Å². The molecule has 2 aromatic rings. The van der Waals surface area contributed by atoms with Gasteiger partial charge in [0.25, 0.3) is 0 Å². The molecule has 2 aromatic carbocycles. The van der Waals surface area contributed by atoms with Crippen molar-refractivity contribution in [3.63, 3.8) is 0 Å². The zero-order valence-electron chi connectivity index (χ0n) is 10.4. The Labute approximate surface area is 116 Å². The lowest BCUT2D eigenvalue weighted by molar-refractivity contribution is 0.189.